The highest BCUT2D eigenvalue weighted by atomic mass is 32.2. The summed E-state index contributed by atoms with van der Waals surface area (Å²) in [5.74, 6) is -1.40. The fourth-order valence-corrected chi connectivity index (χ4v) is 5.54. The normalized spacial score (nSPS) is 11.3. The number of rotatable bonds is 7. The van der Waals surface area contributed by atoms with E-state index < -0.39 is 21.7 Å². The van der Waals surface area contributed by atoms with Crippen molar-refractivity contribution in [3.8, 4) is 22.5 Å². The quantitative estimate of drug-likeness (QED) is 0.387. The minimum absolute atomic E-state index is 0.212. The molecule has 4 aromatic rings. The molecule has 0 saturated heterocycles. The van der Waals surface area contributed by atoms with Crippen LogP contribution in [-0.2, 0) is 14.8 Å². The molecule has 0 aliphatic carbocycles. The van der Waals surface area contributed by atoms with Crippen molar-refractivity contribution in [3.63, 3.8) is 0 Å². The number of aromatic nitrogens is 2. The number of nitrogens with one attached hydrogen (secondary N) is 2. The molecule has 2 N–H and O–H groups in total. The fraction of sp³-hybridized carbons (Fsp3) is 0.136. The molecule has 0 unspecified atom stereocenters. The Balaban J connectivity index is 1.37. The van der Waals surface area contributed by atoms with Gasteiger partial charge in [0.15, 0.2) is 10.3 Å². The number of nitrogens with zero attached hydrogens (tertiary/aromatic N) is 2. The van der Waals surface area contributed by atoms with Gasteiger partial charge in [0.25, 0.3) is 0 Å². The third-order valence-corrected chi connectivity index (χ3v) is 7.30. The maximum atomic E-state index is 12.4. The molecular weight excluding hydrogens is 464 g/mol. The van der Waals surface area contributed by atoms with E-state index in [0.717, 1.165) is 27.9 Å². The van der Waals surface area contributed by atoms with Gasteiger partial charge in [-0.2, -0.15) is 0 Å². The van der Waals surface area contributed by atoms with E-state index in [4.69, 9.17) is 0 Å². The van der Waals surface area contributed by atoms with Crippen LogP contribution >= 0.6 is 22.7 Å². The van der Waals surface area contributed by atoms with Gasteiger partial charge in [0, 0.05) is 21.9 Å². The van der Waals surface area contributed by atoms with Crippen molar-refractivity contribution in [2.45, 2.75) is 13.8 Å². The summed E-state index contributed by atoms with van der Waals surface area (Å²) in [6, 6.07) is 15.6. The van der Waals surface area contributed by atoms with Gasteiger partial charge in [-0.3, -0.25) is 9.52 Å². The van der Waals surface area contributed by atoms with E-state index in [1.165, 1.54) is 22.7 Å². The van der Waals surface area contributed by atoms with Crippen molar-refractivity contribution < 1.29 is 13.2 Å². The average Bonchev–Trinajstić information content (AvgIpc) is 3.38. The van der Waals surface area contributed by atoms with Crippen LogP contribution in [0.3, 0.4) is 0 Å². The summed E-state index contributed by atoms with van der Waals surface area (Å²) in [5.41, 5.74) is 5.47. The van der Waals surface area contributed by atoms with Gasteiger partial charge in [-0.05, 0) is 13.8 Å². The summed E-state index contributed by atoms with van der Waals surface area (Å²) in [4.78, 5) is 21.0. The first-order chi connectivity index (χ1) is 15.3. The minimum Gasteiger partial charge on any atom is -0.301 e. The number of sulfonamides is 1. The molecule has 32 heavy (non-hydrogen) atoms. The van der Waals surface area contributed by atoms with Crippen molar-refractivity contribution in [1.82, 2.24) is 9.97 Å². The Labute approximate surface area is 194 Å². The lowest BCUT2D eigenvalue weighted by molar-refractivity contribution is -0.113. The zero-order chi connectivity index (χ0) is 22.7. The maximum absolute atomic E-state index is 12.4. The second kappa shape index (κ2) is 9.19. The highest BCUT2D eigenvalue weighted by molar-refractivity contribution is 7.93. The molecule has 0 aliphatic heterocycles. The lowest BCUT2D eigenvalue weighted by atomic mass is 10.1. The molecule has 0 spiro atoms. The third-order valence-electron chi connectivity index (χ3n) is 4.51. The van der Waals surface area contributed by atoms with E-state index in [2.05, 4.69) is 20.0 Å². The van der Waals surface area contributed by atoms with Crippen molar-refractivity contribution in [2.75, 3.05) is 15.8 Å². The number of amides is 1. The summed E-state index contributed by atoms with van der Waals surface area (Å²) in [5, 5.41) is 6.69. The van der Waals surface area contributed by atoms with Crippen LogP contribution in [0.1, 0.15) is 11.1 Å². The maximum Gasteiger partial charge on any atom is 0.243 e. The van der Waals surface area contributed by atoms with Crippen molar-refractivity contribution in [3.05, 3.63) is 70.4 Å². The molecule has 0 fully saturated rings. The van der Waals surface area contributed by atoms with Gasteiger partial charge in [0.2, 0.25) is 15.9 Å². The van der Waals surface area contributed by atoms with E-state index in [0.29, 0.717) is 10.8 Å². The first-order valence-electron chi connectivity index (χ1n) is 9.63. The predicted octanol–water partition coefficient (Wildman–Crippen LogP) is 4.93. The second-order valence-corrected chi connectivity index (χ2v) is 10.7. The molecule has 0 radical (unpaired) electrons. The van der Waals surface area contributed by atoms with Crippen LogP contribution in [0.4, 0.5) is 10.3 Å². The Hall–Kier alpha value is -3.08. The smallest absolute Gasteiger partial charge is 0.243 e. The van der Waals surface area contributed by atoms with Gasteiger partial charge in [-0.15, -0.1) is 22.7 Å². The van der Waals surface area contributed by atoms with Gasteiger partial charge in [0.05, 0.1) is 11.4 Å². The van der Waals surface area contributed by atoms with E-state index >= 15 is 0 Å². The Morgan fingerprint density at radius 1 is 0.812 bits per heavy atom. The van der Waals surface area contributed by atoms with Crippen LogP contribution in [-0.4, -0.2) is 30.0 Å². The number of carbonyl (C=O) groups excluding carboxylic acids is 1. The van der Waals surface area contributed by atoms with Crippen LogP contribution in [0.5, 0.6) is 0 Å². The van der Waals surface area contributed by atoms with E-state index in [-0.39, 0.29) is 5.13 Å². The van der Waals surface area contributed by atoms with Crippen LogP contribution in [0.15, 0.2) is 59.3 Å². The Morgan fingerprint density at radius 3 is 1.81 bits per heavy atom. The molecule has 0 aliphatic rings. The second-order valence-electron chi connectivity index (χ2n) is 7.22. The van der Waals surface area contributed by atoms with Crippen molar-refractivity contribution >= 4 is 48.9 Å². The number of carbonyl (C=O) groups is 1. The van der Waals surface area contributed by atoms with Gasteiger partial charge in [-0.25, -0.2) is 18.4 Å². The number of hydrogen-bond donors (Lipinski definition) is 2. The largest absolute Gasteiger partial charge is 0.301 e. The number of thiazole rings is 2. The standard InChI is InChI=1S/C22H20N4O3S3/c1-14-3-7-16(8-4-14)18-11-30-21(23-18)25-20(27)13-32(28,29)26-22-24-19(12-31-22)17-9-5-15(2)6-10-17/h3-12H,13H2,1-2H3,(H,24,26)(H,23,25,27). The van der Waals surface area contributed by atoms with Gasteiger partial charge >= 0.3 is 0 Å². The fourth-order valence-electron chi connectivity index (χ4n) is 2.86. The number of aryl methyl sites for hydroxylation is 2. The highest BCUT2D eigenvalue weighted by Crippen LogP contribution is 2.27. The summed E-state index contributed by atoms with van der Waals surface area (Å²) in [7, 11) is -3.92. The van der Waals surface area contributed by atoms with E-state index in [1.54, 1.807) is 5.38 Å². The molecule has 10 heteroatoms. The summed E-state index contributed by atoms with van der Waals surface area (Å²) in [6.45, 7) is 3.99. The van der Waals surface area contributed by atoms with Gasteiger partial charge < -0.3 is 5.32 Å². The number of benzene rings is 2. The average molecular weight is 485 g/mol. The third kappa shape index (κ3) is 5.58. The lowest BCUT2D eigenvalue weighted by Crippen LogP contribution is -2.27. The summed E-state index contributed by atoms with van der Waals surface area (Å²) in [6.07, 6.45) is 0. The molecule has 7 nitrogen and oxygen atoms in total. The molecule has 4 rings (SSSR count). The molecule has 0 saturated carbocycles. The molecular formula is C22H20N4O3S3. The lowest BCUT2D eigenvalue weighted by Gasteiger charge is -2.05. The topological polar surface area (TPSA) is 101 Å². The van der Waals surface area contributed by atoms with Crippen LogP contribution in [0.2, 0.25) is 0 Å². The molecule has 0 bridgehead atoms. The zero-order valence-electron chi connectivity index (χ0n) is 17.3. The van der Waals surface area contributed by atoms with Crippen molar-refractivity contribution in [2.24, 2.45) is 0 Å². The summed E-state index contributed by atoms with van der Waals surface area (Å²) < 4.78 is 27.2. The van der Waals surface area contributed by atoms with Crippen LogP contribution in [0, 0.1) is 13.8 Å². The Morgan fingerprint density at radius 2 is 1.28 bits per heavy atom. The zero-order valence-corrected chi connectivity index (χ0v) is 19.8. The van der Waals surface area contributed by atoms with Gasteiger partial charge in [0.1, 0.15) is 5.75 Å². The number of hydrogen-bond acceptors (Lipinski definition) is 7. The van der Waals surface area contributed by atoms with Crippen molar-refractivity contribution in [1.29, 1.82) is 0 Å². The number of anilines is 2. The first-order valence-corrected chi connectivity index (χ1v) is 13.0. The first kappa shape index (κ1) is 22.1. The van der Waals surface area contributed by atoms with Gasteiger partial charge in [-0.1, -0.05) is 59.7 Å². The highest BCUT2D eigenvalue weighted by Gasteiger charge is 2.19. The molecule has 2 aromatic carbocycles. The van der Waals surface area contributed by atoms with Crippen LogP contribution < -0.4 is 10.0 Å². The predicted molar refractivity (Wildman–Crippen MR) is 131 cm³/mol. The SMILES string of the molecule is Cc1ccc(-c2csc(NC(=O)CS(=O)(=O)Nc3nc(-c4ccc(C)cc4)cs3)n2)cc1. The van der Waals surface area contributed by atoms with Crippen LogP contribution in [0.25, 0.3) is 22.5 Å². The molecule has 2 aromatic heterocycles. The van der Waals surface area contributed by atoms with E-state index in [1.807, 2.05) is 67.8 Å². The molecule has 0 atom stereocenters. The minimum atomic E-state index is -3.92. The molecule has 1 amide bonds. The molecule has 164 valence electrons. The Kier molecular flexibility index (Phi) is 6.35. The monoisotopic (exact) mass is 484 g/mol. The summed E-state index contributed by atoms with van der Waals surface area (Å²) >= 11 is 2.41. The van der Waals surface area contributed by atoms with E-state index in [9.17, 15) is 13.2 Å². The Bertz CT molecular complexity index is 1340. The molecule has 2 heterocycles.